The van der Waals surface area contributed by atoms with Gasteiger partial charge in [0.1, 0.15) is 0 Å². The number of methoxy groups -OCH3 is 1. The van der Waals surface area contributed by atoms with Crippen molar-refractivity contribution in [3.8, 4) is 0 Å². The van der Waals surface area contributed by atoms with E-state index in [0.29, 0.717) is 13.0 Å². The first kappa shape index (κ1) is 17.0. The quantitative estimate of drug-likeness (QED) is 0.605. The zero-order chi connectivity index (χ0) is 16.8. The molecule has 6 heteroatoms. The van der Waals surface area contributed by atoms with Gasteiger partial charge in [0.15, 0.2) is 0 Å². The summed E-state index contributed by atoms with van der Waals surface area (Å²) >= 11 is 0. The van der Waals surface area contributed by atoms with Gasteiger partial charge in [-0.25, -0.2) is 0 Å². The molecule has 0 aromatic heterocycles. The minimum Gasteiger partial charge on any atom is -0.469 e. The molecule has 6 nitrogen and oxygen atoms in total. The standard InChI is InChI=1S/C17H22N2O4/c1-12(21)19(7-3-4-17(22)23-2)16-6-5-13-8-15(18-11-20)9-14(13)10-16/h5-6,10-11,15H,3-4,7-9H2,1-2H3,(H,18,20). The first-order valence-electron chi connectivity index (χ1n) is 7.71. The lowest BCUT2D eigenvalue weighted by molar-refractivity contribution is -0.140. The molecule has 1 aliphatic carbocycles. The minimum atomic E-state index is -0.273. The summed E-state index contributed by atoms with van der Waals surface area (Å²) in [6, 6.07) is 6.05. The van der Waals surface area contributed by atoms with E-state index in [1.54, 1.807) is 4.90 Å². The van der Waals surface area contributed by atoms with Gasteiger partial charge in [-0.15, -0.1) is 0 Å². The third kappa shape index (κ3) is 4.31. The largest absolute Gasteiger partial charge is 0.469 e. The Labute approximate surface area is 135 Å². The fourth-order valence-corrected chi connectivity index (χ4v) is 2.94. The molecule has 1 unspecified atom stereocenters. The van der Waals surface area contributed by atoms with Crippen LogP contribution in [0.3, 0.4) is 0 Å². The summed E-state index contributed by atoms with van der Waals surface area (Å²) in [7, 11) is 1.36. The second-order valence-electron chi connectivity index (χ2n) is 5.69. The Morgan fingerprint density at radius 2 is 2.09 bits per heavy atom. The second kappa shape index (κ2) is 7.76. The predicted molar refractivity (Wildman–Crippen MR) is 86.1 cm³/mol. The molecule has 1 aromatic carbocycles. The van der Waals surface area contributed by atoms with Gasteiger partial charge in [0.05, 0.1) is 7.11 Å². The third-order valence-corrected chi connectivity index (χ3v) is 4.11. The van der Waals surface area contributed by atoms with Crippen molar-refractivity contribution in [3.05, 3.63) is 29.3 Å². The van der Waals surface area contributed by atoms with Crippen LogP contribution in [0.25, 0.3) is 0 Å². The van der Waals surface area contributed by atoms with Crippen LogP contribution in [0.15, 0.2) is 18.2 Å². The summed E-state index contributed by atoms with van der Waals surface area (Å²) in [5, 5.41) is 2.80. The molecule has 1 aliphatic rings. The molecule has 2 rings (SSSR count). The fraction of sp³-hybridized carbons (Fsp3) is 0.471. The van der Waals surface area contributed by atoms with Crippen LogP contribution >= 0.6 is 0 Å². The molecule has 0 radical (unpaired) electrons. The van der Waals surface area contributed by atoms with Crippen LogP contribution in [-0.4, -0.2) is 38.0 Å². The van der Waals surface area contributed by atoms with Gasteiger partial charge in [0.25, 0.3) is 0 Å². The number of hydrogen-bond acceptors (Lipinski definition) is 4. The normalized spacial score (nSPS) is 15.7. The number of carbonyl (C=O) groups is 3. The highest BCUT2D eigenvalue weighted by Gasteiger charge is 2.22. The molecule has 1 N–H and O–H groups in total. The molecule has 2 amide bonds. The highest BCUT2D eigenvalue weighted by atomic mass is 16.5. The van der Waals surface area contributed by atoms with Crippen molar-refractivity contribution in [2.24, 2.45) is 0 Å². The third-order valence-electron chi connectivity index (χ3n) is 4.11. The van der Waals surface area contributed by atoms with Gasteiger partial charge in [-0.05, 0) is 42.5 Å². The van der Waals surface area contributed by atoms with E-state index in [2.05, 4.69) is 10.1 Å². The number of anilines is 1. The van der Waals surface area contributed by atoms with Gasteiger partial charge in [-0.2, -0.15) is 0 Å². The smallest absolute Gasteiger partial charge is 0.305 e. The van der Waals surface area contributed by atoms with Crippen molar-refractivity contribution < 1.29 is 19.1 Å². The summed E-state index contributed by atoms with van der Waals surface area (Å²) in [6.07, 6.45) is 3.16. The summed E-state index contributed by atoms with van der Waals surface area (Å²) in [5.74, 6) is -0.333. The summed E-state index contributed by atoms with van der Waals surface area (Å²) in [6.45, 7) is 1.99. The number of esters is 1. The molecule has 0 spiro atoms. The van der Waals surface area contributed by atoms with E-state index in [1.165, 1.54) is 19.6 Å². The number of nitrogens with one attached hydrogen (secondary N) is 1. The lowest BCUT2D eigenvalue weighted by atomic mass is 10.1. The number of benzene rings is 1. The van der Waals surface area contributed by atoms with Crippen molar-refractivity contribution in [1.29, 1.82) is 0 Å². The van der Waals surface area contributed by atoms with Gasteiger partial charge >= 0.3 is 5.97 Å². The number of amides is 2. The van der Waals surface area contributed by atoms with Crippen LogP contribution < -0.4 is 10.2 Å². The van der Waals surface area contributed by atoms with Crippen molar-refractivity contribution in [1.82, 2.24) is 5.32 Å². The Kier molecular flexibility index (Phi) is 5.73. The van der Waals surface area contributed by atoms with E-state index in [4.69, 9.17) is 0 Å². The maximum Gasteiger partial charge on any atom is 0.305 e. The summed E-state index contributed by atoms with van der Waals surface area (Å²) < 4.78 is 4.62. The second-order valence-corrected chi connectivity index (χ2v) is 5.69. The Morgan fingerprint density at radius 3 is 2.74 bits per heavy atom. The van der Waals surface area contributed by atoms with E-state index in [9.17, 15) is 14.4 Å². The molecule has 0 saturated carbocycles. The Balaban J connectivity index is 2.06. The number of rotatable bonds is 7. The average molecular weight is 318 g/mol. The molecule has 124 valence electrons. The van der Waals surface area contributed by atoms with Crippen LogP contribution in [-0.2, 0) is 32.0 Å². The van der Waals surface area contributed by atoms with Gasteiger partial charge in [0, 0.05) is 31.6 Å². The number of ether oxygens (including phenoxy) is 1. The summed E-state index contributed by atoms with van der Waals surface area (Å²) in [4.78, 5) is 35.3. The van der Waals surface area contributed by atoms with Crippen LogP contribution in [0.5, 0.6) is 0 Å². The number of fused-ring (bicyclic) bond motifs is 1. The number of hydrogen-bond donors (Lipinski definition) is 1. The molecule has 1 atom stereocenters. The van der Waals surface area contributed by atoms with Crippen molar-refractivity contribution in [3.63, 3.8) is 0 Å². The SMILES string of the molecule is COC(=O)CCCN(C(C)=O)c1ccc2c(c1)CC(NC=O)C2. The molecule has 0 saturated heterocycles. The first-order chi connectivity index (χ1) is 11.0. The van der Waals surface area contributed by atoms with Crippen LogP contribution in [0.1, 0.15) is 30.9 Å². The topological polar surface area (TPSA) is 75.7 Å². The lowest BCUT2D eigenvalue weighted by Crippen LogP contribution is -2.30. The van der Waals surface area contributed by atoms with Gasteiger partial charge in [-0.1, -0.05) is 6.07 Å². The molecule has 23 heavy (non-hydrogen) atoms. The lowest BCUT2D eigenvalue weighted by Gasteiger charge is -2.21. The zero-order valence-electron chi connectivity index (χ0n) is 13.5. The Morgan fingerprint density at radius 1 is 1.35 bits per heavy atom. The maximum atomic E-state index is 11.9. The minimum absolute atomic E-state index is 0.0598. The highest BCUT2D eigenvalue weighted by Crippen LogP contribution is 2.27. The highest BCUT2D eigenvalue weighted by molar-refractivity contribution is 5.91. The van der Waals surface area contributed by atoms with Crippen LogP contribution in [0.4, 0.5) is 5.69 Å². The van der Waals surface area contributed by atoms with E-state index in [1.807, 2.05) is 18.2 Å². The van der Waals surface area contributed by atoms with Gasteiger partial charge < -0.3 is 15.0 Å². The van der Waals surface area contributed by atoms with E-state index in [0.717, 1.165) is 30.5 Å². The van der Waals surface area contributed by atoms with Crippen molar-refractivity contribution in [2.75, 3.05) is 18.6 Å². The summed E-state index contributed by atoms with van der Waals surface area (Å²) in [5.41, 5.74) is 3.18. The monoisotopic (exact) mass is 318 g/mol. The van der Waals surface area contributed by atoms with Crippen molar-refractivity contribution >= 4 is 24.0 Å². The van der Waals surface area contributed by atoms with Crippen molar-refractivity contribution in [2.45, 2.75) is 38.6 Å². The molecule has 0 fully saturated rings. The number of nitrogens with zero attached hydrogens (tertiary/aromatic N) is 1. The molecular formula is C17H22N2O4. The van der Waals surface area contributed by atoms with Gasteiger partial charge in [-0.3, -0.25) is 14.4 Å². The molecule has 0 heterocycles. The molecule has 1 aromatic rings. The van der Waals surface area contributed by atoms with E-state index < -0.39 is 0 Å². The molecule has 0 bridgehead atoms. The Hall–Kier alpha value is -2.37. The predicted octanol–water partition coefficient (Wildman–Crippen LogP) is 1.21. The van der Waals surface area contributed by atoms with Crippen LogP contribution in [0.2, 0.25) is 0 Å². The van der Waals surface area contributed by atoms with E-state index >= 15 is 0 Å². The molecule has 0 aliphatic heterocycles. The van der Waals surface area contributed by atoms with E-state index in [-0.39, 0.29) is 24.3 Å². The maximum absolute atomic E-state index is 11.9. The average Bonchev–Trinajstić information content (AvgIpc) is 2.92. The fourth-order valence-electron chi connectivity index (χ4n) is 2.94. The molecular weight excluding hydrogens is 296 g/mol. The van der Waals surface area contributed by atoms with Crippen LogP contribution in [0, 0.1) is 0 Å². The Bertz CT molecular complexity index is 600. The van der Waals surface area contributed by atoms with Gasteiger partial charge in [0.2, 0.25) is 12.3 Å². The first-order valence-corrected chi connectivity index (χ1v) is 7.71. The number of carbonyl (C=O) groups excluding carboxylic acids is 3. The zero-order valence-corrected chi connectivity index (χ0v) is 13.5.